The molecule has 5 nitrogen and oxygen atoms in total. The number of carboxylic acids is 1. The van der Waals surface area contributed by atoms with Crippen LogP contribution in [0.2, 0.25) is 0 Å². The van der Waals surface area contributed by atoms with Crippen LogP contribution in [0.1, 0.15) is 45.6 Å². The molecule has 0 aliphatic carbocycles. The monoisotopic (exact) mass is 306 g/mol. The molecule has 0 bridgehead atoms. The summed E-state index contributed by atoms with van der Waals surface area (Å²) in [5.74, 6) is -0.637. The van der Waals surface area contributed by atoms with Gasteiger partial charge in [0.05, 0.1) is 13.1 Å². The highest BCUT2D eigenvalue weighted by Crippen LogP contribution is 2.20. The summed E-state index contributed by atoms with van der Waals surface area (Å²) in [6.45, 7) is 7.98. The van der Waals surface area contributed by atoms with Crippen LogP contribution in [0.4, 0.5) is 5.69 Å². The maximum atomic E-state index is 12.0. The van der Waals surface area contributed by atoms with Gasteiger partial charge < -0.3 is 10.4 Å². The molecule has 1 aromatic rings. The van der Waals surface area contributed by atoms with E-state index in [2.05, 4.69) is 19.2 Å². The summed E-state index contributed by atoms with van der Waals surface area (Å²) in [4.78, 5) is 24.5. The Morgan fingerprint density at radius 2 is 1.73 bits per heavy atom. The molecule has 122 valence electrons. The van der Waals surface area contributed by atoms with Gasteiger partial charge in [0.25, 0.3) is 0 Å². The molecule has 0 saturated carbocycles. The van der Waals surface area contributed by atoms with E-state index in [0.717, 1.165) is 12.1 Å². The molecule has 1 amide bonds. The minimum Gasteiger partial charge on any atom is -0.480 e. The largest absolute Gasteiger partial charge is 0.480 e. The SMILES string of the molecule is CCC(C)c1ccc(NC(=O)CN(CC(=O)O)C(C)C)cc1. The minimum absolute atomic E-state index is 0.00497. The van der Waals surface area contributed by atoms with Crippen LogP contribution < -0.4 is 5.32 Å². The zero-order valence-corrected chi connectivity index (χ0v) is 13.8. The van der Waals surface area contributed by atoms with E-state index < -0.39 is 5.97 Å². The Morgan fingerprint density at radius 1 is 1.14 bits per heavy atom. The van der Waals surface area contributed by atoms with Crippen molar-refractivity contribution < 1.29 is 14.7 Å². The van der Waals surface area contributed by atoms with Gasteiger partial charge >= 0.3 is 5.97 Å². The molecule has 0 heterocycles. The van der Waals surface area contributed by atoms with Crippen molar-refractivity contribution in [2.45, 2.75) is 46.1 Å². The lowest BCUT2D eigenvalue weighted by molar-refractivity contribution is -0.139. The van der Waals surface area contributed by atoms with Crippen LogP contribution in [0.25, 0.3) is 0 Å². The predicted octanol–water partition coefficient (Wildman–Crippen LogP) is 2.93. The molecule has 1 rings (SSSR count). The Bertz CT molecular complexity index is 497. The molecule has 0 aromatic heterocycles. The number of hydrogen-bond donors (Lipinski definition) is 2. The summed E-state index contributed by atoms with van der Waals surface area (Å²) >= 11 is 0. The number of carbonyl (C=O) groups is 2. The lowest BCUT2D eigenvalue weighted by Gasteiger charge is -2.23. The van der Waals surface area contributed by atoms with Gasteiger partial charge in [0.1, 0.15) is 0 Å². The van der Waals surface area contributed by atoms with E-state index in [-0.39, 0.29) is 25.0 Å². The number of hydrogen-bond acceptors (Lipinski definition) is 3. The Kier molecular flexibility index (Phi) is 7.05. The quantitative estimate of drug-likeness (QED) is 0.775. The second-order valence-electron chi connectivity index (χ2n) is 5.87. The van der Waals surface area contributed by atoms with Crippen LogP contribution in [0.15, 0.2) is 24.3 Å². The second-order valence-corrected chi connectivity index (χ2v) is 5.87. The van der Waals surface area contributed by atoms with Crippen molar-refractivity contribution in [2.75, 3.05) is 18.4 Å². The van der Waals surface area contributed by atoms with Crippen molar-refractivity contribution in [3.8, 4) is 0 Å². The molecular weight excluding hydrogens is 280 g/mol. The number of rotatable bonds is 8. The van der Waals surface area contributed by atoms with Gasteiger partial charge in [-0.1, -0.05) is 26.0 Å². The zero-order chi connectivity index (χ0) is 16.7. The summed E-state index contributed by atoms with van der Waals surface area (Å²) < 4.78 is 0. The first-order chi connectivity index (χ1) is 10.3. The number of carbonyl (C=O) groups excluding carboxylic acids is 1. The van der Waals surface area contributed by atoms with Crippen molar-refractivity contribution in [1.29, 1.82) is 0 Å². The first-order valence-electron chi connectivity index (χ1n) is 7.69. The molecule has 5 heteroatoms. The highest BCUT2D eigenvalue weighted by atomic mass is 16.4. The molecule has 1 atom stereocenters. The van der Waals surface area contributed by atoms with Gasteiger partial charge in [-0.15, -0.1) is 0 Å². The molecule has 0 radical (unpaired) electrons. The van der Waals surface area contributed by atoms with Crippen molar-refractivity contribution in [2.24, 2.45) is 0 Å². The highest BCUT2D eigenvalue weighted by Gasteiger charge is 2.17. The third-order valence-electron chi connectivity index (χ3n) is 3.79. The van der Waals surface area contributed by atoms with Gasteiger partial charge in [-0.3, -0.25) is 14.5 Å². The first kappa shape index (κ1) is 18.2. The fraction of sp³-hybridized carbons (Fsp3) is 0.529. The van der Waals surface area contributed by atoms with E-state index in [0.29, 0.717) is 5.92 Å². The Labute approximate surface area is 132 Å². The van der Waals surface area contributed by atoms with Crippen LogP contribution in [-0.2, 0) is 9.59 Å². The third kappa shape index (κ3) is 5.85. The number of carboxylic acid groups (broad SMARTS) is 1. The number of amides is 1. The van der Waals surface area contributed by atoms with E-state index in [1.807, 2.05) is 38.1 Å². The summed E-state index contributed by atoms with van der Waals surface area (Å²) in [6.07, 6.45) is 1.07. The summed E-state index contributed by atoms with van der Waals surface area (Å²) in [6, 6.07) is 7.80. The van der Waals surface area contributed by atoms with E-state index in [1.54, 1.807) is 4.90 Å². The van der Waals surface area contributed by atoms with E-state index in [4.69, 9.17) is 5.11 Å². The van der Waals surface area contributed by atoms with Gasteiger partial charge in [0.2, 0.25) is 5.91 Å². The number of aliphatic carboxylic acids is 1. The molecule has 22 heavy (non-hydrogen) atoms. The Morgan fingerprint density at radius 3 is 2.18 bits per heavy atom. The summed E-state index contributed by atoms with van der Waals surface area (Å²) in [7, 11) is 0. The average molecular weight is 306 g/mol. The maximum Gasteiger partial charge on any atom is 0.317 e. The van der Waals surface area contributed by atoms with Gasteiger partial charge in [0.15, 0.2) is 0 Å². The predicted molar refractivity (Wildman–Crippen MR) is 88.1 cm³/mol. The average Bonchev–Trinajstić information content (AvgIpc) is 2.46. The molecule has 0 aliphatic rings. The van der Waals surface area contributed by atoms with E-state index >= 15 is 0 Å². The summed E-state index contributed by atoms with van der Waals surface area (Å²) in [5, 5.41) is 11.7. The molecular formula is C17H26N2O3. The normalized spacial score (nSPS) is 12.5. The van der Waals surface area contributed by atoms with Crippen molar-refractivity contribution in [1.82, 2.24) is 4.90 Å². The Balaban J connectivity index is 2.62. The second kappa shape index (κ2) is 8.54. The zero-order valence-electron chi connectivity index (χ0n) is 13.8. The highest BCUT2D eigenvalue weighted by molar-refractivity contribution is 5.92. The smallest absolute Gasteiger partial charge is 0.317 e. The number of anilines is 1. The molecule has 0 fully saturated rings. The van der Waals surface area contributed by atoms with Crippen LogP contribution in [-0.4, -0.2) is 41.0 Å². The van der Waals surface area contributed by atoms with Crippen molar-refractivity contribution in [3.63, 3.8) is 0 Å². The van der Waals surface area contributed by atoms with Gasteiger partial charge in [0, 0.05) is 11.7 Å². The topological polar surface area (TPSA) is 69.6 Å². The molecule has 1 unspecified atom stereocenters. The van der Waals surface area contributed by atoms with Crippen LogP contribution in [0.3, 0.4) is 0 Å². The maximum absolute atomic E-state index is 12.0. The molecule has 2 N–H and O–H groups in total. The fourth-order valence-corrected chi connectivity index (χ4v) is 2.11. The molecule has 0 saturated heterocycles. The lowest BCUT2D eigenvalue weighted by atomic mass is 9.99. The Hall–Kier alpha value is -1.88. The van der Waals surface area contributed by atoms with E-state index in [9.17, 15) is 9.59 Å². The number of nitrogens with one attached hydrogen (secondary N) is 1. The molecule has 0 aliphatic heterocycles. The molecule has 1 aromatic carbocycles. The summed E-state index contributed by atoms with van der Waals surface area (Å²) in [5.41, 5.74) is 1.98. The van der Waals surface area contributed by atoms with Gasteiger partial charge in [-0.25, -0.2) is 0 Å². The van der Waals surface area contributed by atoms with Crippen molar-refractivity contribution >= 4 is 17.6 Å². The fourth-order valence-electron chi connectivity index (χ4n) is 2.11. The minimum atomic E-state index is -0.931. The lowest BCUT2D eigenvalue weighted by Crippen LogP contribution is -2.41. The van der Waals surface area contributed by atoms with Gasteiger partial charge in [-0.05, 0) is 43.9 Å². The molecule has 0 spiro atoms. The number of benzene rings is 1. The first-order valence-corrected chi connectivity index (χ1v) is 7.69. The van der Waals surface area contributed by atoms with Crippen molar-refractivity contribution in [3.05, 3.63) is 29.8 Å². The van der Waals surface area contributed by atoms with Gasteiger partial charge in [-0.2, -0.15) is 0 Å². The number of nitrogens with zero attached hydrogens (tertiary/aromatic N) is 1. The third-order valence-corrected chi connectivity index (χ3v) is 3.79. The van der Waals surface area contributed by atoms with Crippen LogP contribution in [0.5, 0.6) is 0 Å². The van der Waals surface area contributed by atoms with E-state index in [1.165, 1.54) is 5.56 Å². The van der Waals surface area contributed by atoms with Crippen LogP contribution >= 0.6 is 0 Å². The standard InChI is InChI=1S/C17H26N2O3/c1-5-13(4)14-6-8-15(9-7-14)18-16(20)10-19(12(2)3)11-17(21)22/h6-9,12-13H,5,10-11H2,1-4H3,(H,18,20)(H,21,22). The van der Waals surface area contributed by atoms with Crippen LogP contribution in [0, 0.1) is 0 Å².